The number of carbonyl (C=O) groups is 2. The van der Waals surface area contributed by atoms with E-state index in [0.717, 1.165) is 48.3 Å². The van der Waals surface area contributed by atoms with Crippen LogP contribution in [0.3, 0.4) is 0 Å². The summed E-state index contributed by atoms with van der Waals surface area (Å²) in [5.74, 6) is 6.83. The molecule has 2 N–H and O–H groups in total. The van der Waals surface area contributed by atoms with Crippen LogP contribution in [0, 0.1) is 46.3 Å². The first-order valence-corrected chi connectivity index (χ1v) is 14.6. The fraction of sp³-hybridized carbons (Fsp3) is 0.800. The fourth-order valence-corrected chi connectivity index (χ4v) is 11.2. The summed E-state index contributed by atoms with van der Waals surface area (Å²) in [6.45, 7) is 7.72. The van der Waals surface area contributed by atoms with E-state index in [-0.39, 0.29) is 24.3 Å². The van der Waals surface area contributed by atoms with Crippen molar-refractivity contribution < 1.29 is 19.1 Å². The van der Waals surface area contributed by atoms with Gasteiger partial charge < -0.3 is 20.1 Å². The van der Waals surface area contributed by atoms with Gasteiger partial charge in [-0.25, -0.2) is 9.59 Å². The van der Waals surface area contributed by atoms with Gasteiger partial charge in [0.05, 0.1) is 0 Å². The van der Waals surface area contributed by atoms with Gasteiger partial charge >= 0.3 is 12.2 Å². The lowest BCUT2D eigenvalue weighted by molar-refractivity contribution is -0.0773. The predicted octanol–water partition coefficient (Wildman–Crippen LogP) is 6.43. The van der Waals surface area contributed by atoms with Crippen LogP contribution in [-0.2, 0) is 9.47 Å². The van der Waals surface area contributed by atoms with Gasteiger partial charge in [-0.05, 0) is 123 Å². The van der Waals surface area contributed by atoms with E-state index in [2.05, 4.69) is 23.8 Å². The van der Waals surface area contributed by atoms with Crippen molar-refractivity contribution in [2.45, 2.75) is 102 Å². The molecule has 10 aliphatic rings. The second-order valence-electron chi connectivity index (χ2n) is 14.2. The summed E-state index contributed by atoms with van der Waals surface area (Å²) in [6, 6.07) is 0.555. The fourth-order valence-electron chi connectivity index (χ4n) is 11.2. The topological polar surface area (TPSA) is 76.7 Å². The minimum atomic E-state index is -0.285. The molecular weight excluding hydrogens is 452 g/mol. The Labute approximate surface area is 215 Å². The van der Waals surface area contributed by atoms with E-state index in [9.17, 15) is 9.59 Å². The molecule has 6 nitrogen and oxygen atoms in total. The van der Waals surface area contributed by atoms with Crippen molar-refractivity contribution in [3.63, 3.8) is 0 Å². The van der Waals surface area contributed by atoms with Crippen LogP contribution < -0.4 is 10.6 Å². The van der Waals surface area contributed by atoms with Gasteiger partial charge in [0.25, 0.3) is 0 Å². The van der Waals surface area contributed by atoms with E-state index < -0.39 is 0 Å². The van der Waals surface area contributed by atoms with Gasteiger partial charge in [-0.15, -0.1) is 0 Å². The zero-order chi connectivity index (χ0) is 24.7. The van der Waals surface area contributed by atoms with Gasteiger partial charge in [-0.3, -0.25) is 0 Å². The lowest BCUT2D eigenvalue weighted by Crippen LogP contribution is -2.58. The van der Waals surface area contributed by atoms with Crippen molar-refractivity contribution in [1.29, 1.82) is 0 Å². The van der Waals surface area contributed by atoms with Gasteiger partial charge in [0, 0.05) is 24.9 Å². The Morgan fingerprint density at radius 1 is 0.556 bits per heavy atom. The van der Waals surface area contributed by atoms with Gasteiger partial charge in [0.2, 0.25) is 0 Å². The average Bonchev–Trinajstić information content (AvgIpc) is 2.76. The number of hydrogen-bond acceptors (Lipinski definition) is 4. The van der Waals surface area contributed by atoms with Crippen LogP contribution >= 0.6 is 0 Å². The first-order chi connectivity index (χ1) is 17.3. The highest BCUT2D eigenvalue weighted by molar-refractivity contribution is 5.70. The summed E-state index contributed by atoms with van der Waals surface area (Å²) in [7, 11) is 0. The smallest absolute Gasteiger partial charge is 0.412 e. The highest BCUT2D eigenvalue weighted by Gasteiger charge is 2.56. The monoisotopic (exact) mass is 494 g/mol. The molecule has 2 amide bonds. The summed E-state index contributed by atoms with van der Waals surface area (Å²) in [5, 5.41) is 6.16. The third kappa shape index (κ3) is 3.98. The maximum atomic E-state index is 11.6. The number of cyclic esters (lactones) is 2. The summed E-state index contributed by atoms with van der Waals surface area (Å²) in [6.07, 6.45) is 17.6. The highest BCUT2D eigenvalue weighted by atomic mass is 16.6. The summed E-state index contributed by atoms with van der Waals surface area (Å²) >= 11 is 0. The molecule has 10 fully saturated rings. The molecule has 10 rings (SSSR count). The summed E-state index contributed by atoms with van der Waals surface area (Å²) in [4.78, 5) is 23.2. The van der Waals surface area contributed by atoms with E-state index in [1.54, 1.807) is 0 Å². The Kier molecular flexibility index (Phi) is 5.31. The molecule has 196 valence electrons. The number of rotatable bonds is 2. The molecule has 0 spiro atoms. The van der Waals surface area contributed by atoms with Crippen molar-refractivity contribution in [3.05, 3.63) is 24.7 Å². The molecule has 0 unspecified atom stereocenters. The minimum Gasteiger partial charge on any atom is -0.415 e. The second kappa shape index (κ2) is 8.26. The Morgan fingerprint density at radius 3 is 1.08 bits per heavy atom. The Morgan fingerprint density at radius 2 is 0.833 bits per heavy atom. The Hall–Kier alpha value is -1.98. The molecule has 2 atom stereocenters. The largest absolute Gasteiger partial charge is 0.415 e. The van der Waals surface area contributed by atoms with Gasteiger partial charge in [-0.1, -0.05) is 13.2 Å². The summed E-state index contributed by atoms with van der Waals surface area (Å²) < 4.78 is 10.1. The van der Waals surface area contributed by atoms with Crippen LogP contribution in [0.1, 0.15) is 89.9 Å². The number of carbonyl (C=O) groups excluding carboxylic acids is 2. The van der Waals surface area contributed by atoms with Crippen molar-refractivity contribution >= 4 is 12.2 Å². The van der Waals surface area contributed by atoms with Crippen molar-refractivity contribution in [2.24, 2.45) is 46.3 Å². The van der Waals surface area contributed by atoms with Crippen LogP contribution in [0.2, 0.25) is 0 Å². The van der Waals surface area contributed by atoms with Crippen molar-refractivity contribution in [2.75, 3.05) is 0 Å². The quantitative estimate of drug-likeness (QED) is 0.464. The molecule has 8 saturated carbocycles. The zero-order valence-corrected chi connectivity index (χ0v) is 21.6. The molecule has 8 aliphatic carbocycles. The Bertz CT molecular complexity index is 805. The SMILES string of the molecule is C=C1C[C@@H](C23CC4CC(CC(C4)C2)C3)NC(=O)O1.C=C1C[C@@H](C23CC4CC(CC(C4)C2)C3)NC(=O)O1. The molecule has 6 heteroatoms. The molecule has 2 aliphatic heterocycles. The number of nitrogens with one attached hydrogen (secondary N) is 2. The van der Waals surface area contributed by atoms with Gasteiger partial charge in [0.15, 0.2) is 0 Å². The van der Waals surface area contributed by atoms with Crippen LogP contribution in [0.5, 0.6) is 0 Å². The minimum absolute atomic E-state index is 0.277. The van der Waals surface area contributed by atoms with E-state index in [4.69, 9.17) is 9.47 Å². The van der Waals surface area contributed by atoms with Crippen LogP contribution in [0.25, 0.3) is 0 Å². The standard InChI is InChI=1S/2C15H21NO2/c2*1-9-2-13(16-14(17)18-9)15-6-10-3-11(7-15)5-12(4-10)8-15/h2*10-13H,1-8H2,(H,16,17)/t2*10?,11?,12?,13-,15?/m00/s1. The number of ether oxygens (including phenoxy) is 2. The van der Waals surface area contributed by atoms with Crippen molar-refractivity contribution in [1.82, 2.24) is 10.6 Å². The van der Waals surface area contributed by atoms with E-state index in [1.807, 2.05) is 0 Å². The Balaban J connectivity index is 0.000000122. The molecule has 8 bridgehead atoms. The number of alkyl carbamates (subject to hydrolysis) is 2. The number of amides is 2. The molecule has 0 aromatic rings. The van der Waals surface area contributed by atoms with Crippen molar-refractivity contribution in [3.8, 4) is 0 Å². The third-order valence-electron chi connectivity index (χ3n) is 11.6. The highest BCUT2D eigenvalue weighted by Crippen LogP contribution is 2.63. The van der Waals surface area contributed by atoms with E-state index >= 15 is 0 Å². The lowest BCUT2D eigenvalue weighted by Gasteiger charge is -2.59. The van der Waals surface area contributed by atoms with E-state index in [1.165, 1.54) is 77.0 Å². The first kappa shape index (κ1) is 23.2. The van der Waals surface area contributed by atoms with Gasteiger partial charge in [-0.2, -0.15) is 0 Å². The van der Waals surface area contributed by atoms with E-state index in [0.29, 0.717) is 22.3 Å². The molecule has 0 aromatic carbocycles. The normalized spacial score (nSPS) is 50.0. The first-order valence-electron chi connectivity index (χ1n) is 14.6. The number of hydrogen-bond donors (Lipinski definition) is 2. The second-order valence-corrected chi connectivity index (χ2v) is 14.2. The molecular formula is C30H42N2O4. The predicted molar refractivity (Wildman–Crippen MR) is 136 cm³/mol. The molecule has 36 heavy (non-hydrogen) atoms. The molecule has 2 heterocycles. The lowest BCUT2D eigenvalue weighted by atomic mass is 9.47. The van der Waals surface area contributed by atoms with Crippen LogP contribution in [-0.4, -0.2) is 24.3 Å². The maximum Gasteiger partial charge on any atom is 0.412 e. The zero-order valence-electron chi connectivity index (χ0n) is 21.6. The van der Waals surface area contributed by atoms with Gasteiger partial charge in [0.1, 0.15) is 11.5 Å². The third-order valence-corrected chi connectivity index (χ3v) is 11.6. The van der Waals surface area contributed by atoms with Crippen LogP contribution in [0.15, 0.2) is 24.7 Å². The van der Waals surface area contributed by atoms with Crippen LogP contribution in [0.4, 0.5) is 9.59 Å². The molecule has 2 saturated heterocycles. The average molecular weight is 495 g/mol. The molecule has 0 aromatic heterocycles. The molecule has 0 radical (unpaired) electrons. The summed E-state index contributed by atoms with van der Waals surface area (Å²) in [5.41, 5.74) is 0.717. The maximum absolute atomic E-state index is 11.6.